The van der Waals surface area contributed by atoms with Crippen molar-refractivity contribution in [1.82, 2.24) is 10.2 Å². The second kappa shape index (κ2) is 8.63. The van der Waals surface area contributed by atoms with Crippen LogP contribution in [0.2, 0.25) is 0 Å². The van der Waals surface area contributed by atoms with E-state index in [0.29, 0.717) is 22.6 Å². The summed E-state index contributed by atoms with van der Waals surface area (Å²) in [5, 5.41) is 6.73. The predicted octanol–water partition coefficient (Wildman–Crippen LogP) is 5.62. The molecule has 0 aliphatic rings. The Kier molecular flexibility index (Phi) is 5.73. The number of esters is 1. The molecule has 0 aliphatic carbocycles. The minimum Gasteiger partial charge on any atom is -0.423 e. The maximum absolute atomic E-state index is 13.2. The number of hydrogen-bond donors (Lipinski definition) is 1. The van der Waals surface area contributed by atoms with Gasteiger partial charge in [0.25, 0.3) is 5.56 Å². The van der Waals surface area contributed by atoms with Gasteiger partial charge in [0.05, 0.1) is 5.69 Å². The summed E-state index contributed by atoms with van der Waals surface area (Å²) in [7, 11) is 0. The average molecular weight is 425 g/mol. The fraction of sp³-hybridized carbons (Fsp3) is 0.148. The standard InChI is InChI=1S/C27H24N2O3/c1-27(2,3)20-14-16-21(17-15-20)32-26(31)23-22(18-10-6-4-7-11-18)24(28-29-25(23)30)19-12-8-5-9-13-19/h4-17H,1-3H3,(H,29,30). The summed E-state index contributed by atoms with van der Waals surface area (Å²) in [6, 6.07) is 26.0. The summed E-state index contributed by atoms with van der Waals surface area (Å²) in [4.78, 5) is 26.0. The second-order valence-corrected chi connectivity index (χ2v) is 8.55. The first-order valence-corrected chi connectivity index (χ1v) is 10.4. The van der Waals surface area contributed by atoms with Gasteiger partial charge in [-0.3, -0.25) is 4.79 Å². The largest absolute Gasteiger partial charge is 0.423 e. The van der Waals surface area contributed by atoms with Crippen LogP contribution in [0.1, 0.15) is 36.7 Å². The van der Waals surface area contributed by atoms with E-state index in [-0.39, 0.29) is 11.0 Å². The van der Waals surface area contributed by atoms with Gasteiger partial charge in [0, 0.05) is 11.1 Å². The predicted molar refractivity (Wildman–Crippen MR) is 126 cm³/mol. The van der Waals surface area contributed by atoms with Crippen molar-refractivity contribution in [3.8, 4) is 28.1 Å². The van der Waals surface area contributed by atoms with Crippen LogP contribution in [-0.4, -0.2) is 16.2 Å². The van der Waals surface area contributed by atoms with Crippen molar-refractivity contribution in [2.24, 2.45) is 0 Å². The molecule has 160 valence electrons. The van der Waals surface area contributed by atoms with Gasteiger partial charge >= 0.3 is 5.97 Å². The molecule has 0 saturated carbocycles. The third-order valence-electron chi connectivity index (χ3n) is 5.23. The zero-order valence-corrected chi connectivity index (χ0v) is 18.3. The van der Waals surface area contributed by atoms with E-state index in [4.69, 9.17) is 4.74 Å². The van der Waals surface area contributed by atoms with Crippen LogP contribution in [0, 0.1) is 0 Å². The van der Waals surface area contributed by atoms with Crippen molar-refractivity contribution in [2.75, 3.05) is 0 Å². The fourth-order valence-electron chi connectivity index (χ4n) is 3.52. The normalized spacial score (nSPS) is 11.2. The lowest BCUT2D eigenvalue weighted by Crippen LogP contribution is -2.25. The molecule has 1 aromatic heterocycles. The first-order chi connectivity index (χ1) is 15.3. The van der Waals surface area contributed by atoms with Crippen LogP contribution >= 0.6 is 0 Å². The number of carbonyl (C=O) groups is 1. The number of nitrogens with zero attached hydrogens (tertiary/aromatic N) is 1. The molecule has 0 amide bonds. The lowest BCUT2D eigenvalue weighted by molar-refractivity contribution is 0.0733. The molecule has 0 fully saturated rings. The van der Waals surface area contributed by atoms with Gasteiger partial charge in [0.2, 0.25) is 0 Å². The summed E-state index contributed by atoms with van der Waals surface area (Å²) < 4.78 is 5.62. The number of carbonyl (C=O) groups excluding carboxylic acids is 1. The molecule has 0 saturated heterocycles. The van der Waals surface area contributed by atoms with Crippen molar-refractivity contribution >= 4 is 5.97 Å². The molecule has 0 unspecified atom stereocenters. The summed E-state index contributed by atoms with van der Waals surface area (Å²) in [6.07, 6.45) is 0. The summed E-state index contributed by atoms with van der Waals surface area (Å²) in [6.45, 7) is 6.34. The zero-order chi connectivity index (χ0) is 22.7. The van der Waals surface area contributed by atoms with E-state index in [1.165, 1.54) is 0 Å². The van der Waals surface area contributed by atoms with Crippen molar-refractivity contribution in [2.45, 2.75) is 26.2 Å². The lowest BCUT2D eigenvalue weighted by atomic mass is 9.87. The highest BCUT2D eigenvalue weighted by molar-refractivity contribution is 6.01. The summed E-state index contributed by atoms with van der Waals surface area (Å²) in [5.74, 6) is -0.354. The second-order valence-electron chi connectivity index (χ2n) is 8.55. The van der Waals surface area contributed by atoms with E-state index in [1.807, 2.05) is 72.8 Å². The first-order valence-electron chi connectivity index (χ1n) is 10.4. The average Bonchev–Trinajstić information content (AvgIpc) is 2.79. The lowest BCUT2D eigenvalue weighted by Gasteiger charge is -2.19. The molecule has 0 radical (unpaired) electrons. The number of nitrogens with one attached hydrogen (secondary N) is 1. The number of ether oxygens (including phenoxy) is 1. The van der Waals surface area contributed by atoms with E-state index >= 15 is 0 Å². The maximum Gasteiger partial charge on any atom is 0.349 e. The van der Waals surface area contributed by atoms with E-state index in [1.54, 1.807) is 12.1 Å². The van der Waals surface area contributed by atoms with E-state index in [9.17, 15) is 9.59 Å². The van der Waals surface area contributed by atoms with Crippen LogP contribution in [0.5, 0.6) is 5.75 Å². The molecule has 1 heterocycles. The topological polar surface area (TPSA) is 72.0 Å². The Balaban J connectivity index is 1.81. The van der Waals surface area contributed by atoms with Gasteiger partial charge < -0.3 is 4.74 Å². The molecular formula is C27H24N2O3. The third-order valence-corrected chi connectivity index (χ3v) is 5.23. The molecule has 5 nitrogen and oxygen atoms in total. The van der Waals surface area contributed by atoms with Gasteiger partial charge in [-0.25, -0.2) is 9.89 Å². The molecule has 0 bridgehead atoms. The van der Waals surface area contributed by atoms with Crippen LogP contribution in [0.15, 0.2) is 89.7 Å². The number of hydrogen-bond acceptors (Lipinski definition) is 4. The molecule has 4 aromatic rings. The summed E-state index contributed by atoms with van der Waals surface area (Å²) in [5.41, 5.74) is 2.87. The Morgan fingerprint density at radius 1 is 0.812 bits per heavy atom. The Morgan fingerprint density at radius 3 is 1.94 bits per heavy atom. The highest BCUT2D eigenvalue weighted by atomic mass is 16.5. The Bertz CT molecular complexity index is 1290. The highest BCUT2D eigenvalue weighted by Gasteiger charge is 2.25. The quantitative estimate of drug-likeness (QED) is 0.341. The number of benzene rings is 3. The molecular weight excluding hydrogens is 400 g/mol. The molecule has 1 N–H and O–H groups in total. The van der Waals surface area contributed by atoms with Crippen LogP contribution in [0.4, 0.5) is 0 Å². The van der Waals surface area contributed by atoms with Crippen LogP contribution in [-0.2, 0) is 5.41 Å². The molecule has 0 aliphatic heterocycles. The Labute approximate surface area is 186 Å². The molecule has 32 heavy (non-hydrogen) atoms. The van der Waals surface area contributed by atoms with Gasteiger partial charge in [0.15, 0.2) is 0 Å². The summed E-state index contributed by atoms with van der Waals surface area (Å²) >= 11 is 0. The van der Waals surface area contributed by atoms with Crippen LogP contribution in [0.3, 0.4) is 0 Å². The van der Waals surface area contributed by atoms with Crippen LogP contribution < -0.4 is 10.3 Å². The zero-order valence-electron chi connectivity index (χ0n) is 18.3. The van der Waals surface area contributed by atoms with Crippen molar-refractivity contribution in [3.63, 3.8) is 0 Å². The fourth-order valence-corrected chi connectivity index (χ4v) is 3.52. The number of H-pyrrole nitrogens is 1. The number of aromatic amines is 1. The molecule has 4 rings (SSSR count). The minimum atomic E-state index is -0.729. The molecule has 5 heteroatoms. The van der Waals surface area contributed by atoms with Gasteiger partial charge in [0.1, 0.15) is 11.3 Å². The smallest absolute Gasteiger partial charge is 0.349 e. The van der Waals surface area contributed by atoms with E-state index in [0.717, 1.165) is 11.1 Å². The maximum atomic E-state index is 13.2. The van der Waals surface area contributed by atoms with Crippen molar-refractivity contribution < 1.29 is 9.53 Å². The Morgan fingerprint density at radius 2 is 1.38 bits per heavy atom. The van der Waals surface area contributed by atoms with Crippen LogP contribution in [0.25, 0.3) is 22.4 Å². The van der Waals surface area contributed by atoms with Gasteiger partial charge in [-0.05, 0) is 28.7 Å². The van der Waals surface area contributed by atoms with Crippen molar-refractivity contribution in [1.29, 1.82) is 0 Å². The third kappa shape index (κ3) is 4.37. The highest BCUT2D eigenvalue weighted by Crippen LogP contribution is 2.32. The molecule has 0 spiro atoms. The van der Waals surface area contributed by atoms with Crippen molar-refractivity contribution in [3.05, 3.63) is 106 Å². The van der Waals surface area contributed by atoms with E-state index in [2.05, 4.69) is 31.0 Å². The molecule has 0 atom stereocenters. The van der Waals surface area contributed by atoms with Gasteiger partial charge in [-0.1, -0.05) is 93.6 Å². The van der Waals surface area contributed by atoms with E-state index < -0.39 is 11.5 Å². The number of rotatable bonds is 4. The Hall–Kier alpha value is -3.99. The SMILES string of the molecule is CC(C)(C)c1ccc(OC(=O)c2c(-c3ccccc3)c(-c3ccccc3)n[nH]c2=O)cc1. The first kappa shape index (κ1) is 21.2. The monoisotopic (exact) mass is 424 g/mol. The minimum absolute atomic E-state index is 0.0180. The van der Waals surface area contributed by atoms with Gasteiger partial charge in [-0.2, -0.15) is 5.10 Å². The van der Waals surface area contributed by atoms with Gasteiger partial charge in [-0.15, -0.1) is 0 Å². The molecule has 3 aromatic carbocycles. The number of aromatic nitrogens is 2.